The van der Waals surface area contributed by atoms with Gasteiger partial charge < -0.3 is 25.6 Å². The number of likely N-dealkylation sites (tertiary alicyclic amines) is 2. The molecule has 0 aliphatic carbocycles. The van der Waals surface area contributed by atoms with E-state index >= 15 is 0 Å². The Kier molecular flexibility index (Phi) is 8.70. The number of nitrogens with zero attached hydrogens (tertiary/aromatic N) is 5. The van der Waals surface area contributed by atoms with E-state index in [9.17, 15) is 4.39 Å². The Balaban J connectivity index is 1.47. The fourth-order valence-corrected chi connectivity index (χ4v) is 4.79. The Bertz CT molecular complexity index is 924. The monoisotopic (exact) mass is 472 g/mol. The molecule has 2 aliphatic rings. The molecule has 1 aromatic carbocycles. The largest absolute Gasteiger partial charge is 0.492 e. The summed E-state index contributed by atoms with van der Waals surface area (Å²) in [4.78, 5) is 18.6. The number of anilines is 4. The first kappa shape index (κ1) is 24.4. The van der Waals surface area contributed by atoms with Gasteiger partial charge in [0.2, 0.25) is 17.8 Å². The Morgan fingerprint density at radius 1 is 1.00 bits per heavy atom. The van der Waals surface area contributed by atoms with E-state index in [0.29, 0.717) is 29.6 Å². The lowest BCUT2D eigenvalue weighted by molar-refractivity contribution is 0.237. The van der Waals surface area contributed by atoms with Gasteiger partial charge in [-0.2, -0.15) is 15.0 Å². The van der Waals surface area contributed by atoms with Crippen LogP contribution in [0.3, 0.4) is 0 Å². The van der Waals surface area contributed by atoms with Crippen LogP contribution in [0, 0.1) is 5.82 Å². The van der Waals surface area contributed by atoms with Crippen LogP contribution in [-0.4, -0.2) is 83.7 Å². The molecule has 0 amide bonds. The molecule has 3 N–H and O–H groups in total. The van der Waals surface area contributed by atoms with Gasteiger partial charge in [0.15, 0.2) is 11.6 Å². The summed E-state index contributed by atoms with van der Waals surface area (Å²) in [5.41, 5.74) is 0.465. The number of rotatable bonds is 11. The van der Waals surface area contributed by atoms with E-state index in [2.05, 4.69) is 47.6 Å². The normalized spacial score (nSPS) is 19.2. The molecule has 10 heteroatoms. The first-order valence-corrected chi connectivity index (χ1v) is 12.5. The third-order valence-corrected chi connectivity index (χ3v) is 6.61. The average Bonchev–Trinajstić information content (AvgIpc) is 3.31. The second-order valence-corrected chi connectivity index (χ2v) is 8.89. The average molecular weight is 473 g/mol. The zero-order valence-corrected chi connectivity index (χ0v) is 20.3. The molecular weight excluding hydrogens is 435 g/mol. The fraction of sp³-hybridized carbons (Fsp3) is 0.625. The summed E-state index contributed by atoms with van der Waals surface area (Å²) in [5.74, 6) is 1.00. The van der Waals surface area contributed by atoms with Crippen LogP contribution in [0.5, 0.6) is 5.75 Å². The molecule has 2 aliphatic heterocycles. The standard InChI is InChI=1S/C24H37FN8O/c1-3-33-15-8-9-18(33)17-27-23-29-22(26-12-16-32-13-5-4-6-14-32)30-24(31-23)28-20-11-7-10-19(25)21(20)34-2/h7,10-11,18H,3-6,8-9,12-17H2,1-2H3,(H3,26,27,28,29,30,31). The lowest BCUT2D eigenvalue weighted by atomic mass is 10.1. The highest BCUT2D eigenvalue weighted by molar-refractivity contribution is 5.63. The molecule has 4 rings (SSSR count). The van der Waals surface area contributed by atoms with Crippen molar-refractivity contribution in [2.45, 2.75) is 45.1 Å². The van der Waals surface area contributed by atoms with Gasteiger partial charge in [-0.15, -0.1) is 0 Å². The molecule has 186 valence electrons. The maximum Gasteiger partial charge on any atom is 0.233 e. The van der Waals surface area contributed by atoms with Crippen molar-refractivity contribution in [2.24, 2.45) is 0 Å². The minimum absolute atomic E-state index is 0.126. The van der Waals surface area contributed by atoms with Gasteiger partial charge in [-0.3, -0.25) is 4.90 Å². The van der Waals surface area contributed by atoms with E-state index < -0.39 is 5.82 Å². The molecule has 3 heterocycles. The molecule has 0 saturated carbocycles. The summed E-state index contributed by atoms with van der Waals surface area (Å²) in [6.45, 7) is 9.13. The quantitative estimate of drug-likeness (QED) is 0.454. The highest BCUT2D eigenvalue weighted by Crippen LogP contribution is 2.29. The third-order valence-electron chi connectivity index (χ3n) is 6.61. The number of likely N-dealkylation sites (N-methyl/N-ethyl adjacent to an activating group) is 1. The van der Waals surface area contributed by atoms with Crippen molar-refractivity contribution < 1.29 is 9.13 Å². The van der Waals surface area contributed by atoms with E-state index in [0.717, 1.165) is 45.8 Å². The Hall–Kier alpha value is -2.72. The molecule has 0 radical (unpaired) electrons. The number of ether oxygens (including phenoxy) is 1. The van der Waals surface area contributed by atoms with Crippen molar-refractivity contribution in [3.8, 4) is 5.75 Å². The Labute approximate surface area is 201 Å². The summed E-state index contributed by atoms with van der Waals surface area (Å²) < 4.78 is 19.4. The van der Waals surface area contributed by atoms with Gasteiger partial charge >= 0.3 is 0 Å². The van der Waals surface area contributed by atoms with Gasteiger partial charge in [-0.05, 0) is 64.0 Å². The maximum atomic E-state index is 14.2. The number of benzene rings is 1. The van der Waals surface area contributed by atoms with Crippen molar-refractivity contribution in [1.82, 2.24) is 24.8 Å². The van der Waals surface area contributed by atoms with Crippen LogP contribution >= 0.6 is 0 Å². The zero-order chi connectivity index (χ0) is 23.8. The van der Waals surface area contributed by atoms with Gasteiger partial charge in [0.25, 0.3) is 0 Å². The topological polar surface area (TPSA) is 90.5 Å². The summed E-state index contributed by atoms with van der Waals surface area (Å²) in [7, 11) is 1.44. The predicted octanol–water partition coefficient (Wildman–Crippen LogP) is 3.56. The van der Waals surface area contributed by atoms with Crippen LogP contribution in [0.1, 0.15) is 39.0 Å². The SMILES string of the molecule is CCN1CCCC1CNc1nc(NCCN2CCCCC2)nc(Nc2cccc(F)c2OC)n1. The summed E-state index contributed by atoms with van der Waals surface area (Å²) in [6.07, 6.45) is 6.23. The van der Waals surface area contributed by atoms with Gasteiger partial charge in [0.1, 0.15) is 0 Å². The molecule has 1 aromatic heterocycles. The Morgan fingerprint density at radius 2 is 1.76 bits per heavy atom. The summed E-state index contributed by atoms with van der Waals surface area (Å²) >= 11 is 0. The molecule has 2 aromatic rings. The van der Waals surface area contributed by atoms with Crippen LogP contribution in [-0.2, 0) is 0 Å². The smallest absolute Gasteiger partial charge is 0.233 e. The van der Waals surface area contributed by atoms with E-state index in [1.165, 1.54) is 45.3 Å². The minimum atomic E-state index is -0.444. The van der Waals surface area contributed by atoms with Crippen LogP contribution in [0.25, 0.3) is 0 Å². The first-order chi connectivity index (χ1) is 16.7. The van der Waals surface area contributed by atoms with Gasteiger partial charge in [0.05, 0.1) is 12.8 Å². The van der Waals surface area contributed by atoms with Crippen molar-refractivity contribution in [1.29, 1.82) is 0 Å². The van der Waals surface area contributed by atoms with Crippen LogP contribution in [0.15, 0.2) is 18.2 Å². The first-order valence-electron chi connectivity index (χ1n) is 12.5. The van der Waals surface area contributed by atoms with Crippen LogP contribution in [0.2, 0.25) is 0 Å². The molecule has 0 bridgehead atoms. The number of nitrogens with one attached hydrogen (secondary N) is 3. The predicted molar refractivity (Wildman–Crippen MR) is 134 cm³/mol. The second kappa shape index (κ2) is 12.1. The highest BCUT2D eigenvalue weighted by atomic mass is 19.1. The molecule has 2 saturated heterocycles. The van der Waals surface area contributed by atoms with Crippen molar-refractivity contribution in [3.63, 3.8) is 0 Å². The van der Waals surface area contributed by atoms with E-state index in [-0.39, 0.29) is 5.75 Å². The van der Waals surface area contributed by atoms with Crippen LogP contribution < -0.4 is 20.7 Å². The molecule has 9 nitrogen and oxygen atoms in total. The molecule has 1 unspecified atom stereocenters. The molecule has 2 fully saturated rings. The third kappa shape index (κ3) is 6.44. The zero-order valence-electron chi connectivity index (χ0n) is 20.3. The van der Waals surface area contributed by atoms with E-state index in [1.807, 2.05) is 0 Å². The van der Waals surface area contributed by atoms with E-state index in [4.69, 9.17) is 4.74 Å². The number of methoxy groups -OCH3 is 1. The number of piperidine rings is 1. The van der Waals surface area contributed by atoms with Gasteiger partial charge in [0, 0.05) is 25.7 Å². The summed E-state index contributed by atoms with van der Waals surface area (Å²) in [6, 6.07) is 5.19. The lowest BCUT2D eigenvalue weighted by Crippen LogP contribution is -2.35. The number of hydrogen-bond acceptors (Lipinski definition) is 9. The maximum absolute atomic E-state index is 14.2. The van der Waals surface area contributed by atoms with Gasteiger partial charge in [-0.25, -0.2) is 4.39 Å². The van der Waals surface area contributed by atoms with E-state index in [1.54, 1.807) is 12.1 Å². The number of hydrogen-bond donors (Lipinski definition) is 3. The Morgan fingerprint density at radius 3 is 2.53 bits per heavy atom. The van der Waals surface area contributed by atoms with Crippen molar-refractivity contribution >= 4 is 23.5 Å². The second-order valence-electron chi connectivity index (χ2n) is 8.89. The number of aromatic nitrogens is 3. The molecule has 1 atom stereocenters. The van der Waals surface area contributed by atoms with Crippen molar-refractivity contribution in [2.75, 3.05) is 68.9 Å². The van der Waals surface area contributed by atoms with Gasteiger partial charge in [-0.1, -0.05) is 19.4 Å². The minimum Gasteiger partial charge on any atom is -0.492 e. The molecular formula is C24H37FN8O. The lowest BCUT2D eigenvalue weighted by Gasteiger charge is -2.26. The fourth-order valence-electron chi connectivity index (χ4n) is 4.79. The highest BCUT2D eigenvalue weighted by Gasteiger charge is 2.23. The van der Waals surface area contributed by atoms with Crippen LogP contribution in [0.4, 0.5) is 27.9 Å². The molecule has 0 spiro atoms. The van der Waals surface area contributed by atoms with Crippen molar-refractivity contribution in [3.05, 3.63) is 24.0 Å². The molecule has 34 heavy (non-hydrogen) atoms. The summed E-state index contributed by atoms with van der Waals surface area (Å²) in [5, 5.41) is 9.85. The number of para-hydroxylation sites is 1. The number of halogens is 1.